The van der Waals surface area contributed by atoms with Gasteiger partial charge >= 0.3 is 0 Å². The summed E-state index contributed by atoms with van der Waals surface area (Å²) in [5.41, 5.74) is 1.20. The van der Waals surface area contributed by atoms with Crippen molar-refractivity contribution in [3.63, 3.8) is 0 Å². The van der Waals surface area contributed by atoms with E-state index in [-0.39, 0.29) is 12.5 Å². The van der Waals surface area contributed by atoms with Crippen LogP contribution < -0.4 is 4.74 Å². The van der Waals surface area contributed by atoms with Gasteiger partial charge in [0.05, 0.1) is 0 Å². The van der Waals surface area contributed by atoms with Crippen LogP contribution in [0.25, 0.3) is 0 Å². The van der Waals surface area contributed by atoms with Crippen LogP contribution in [0.3, 0.4) is 0 Å². The van der Waals surface area contributed by atoms with Gasteiger partial charge in [-0.05, 0) is 49.7 Å². The van der Waals surface area contributed by atoms with Gasteiger partial charge in [-0.2, -0.15) is 0 Å². The summed E-state index contributed by atoms with van der Waals surface area (Å²) in [6.45, 7) is 7.02. The smallest absolute Gasteiger partial charge is 0.260 e. The van der Waals surface area contributed by atoms with Crippen LogP contribution in [0.2, 0.25) is 0 Å². The number of fused-ring (bicyclic) bond motifs is 2. The number of benzene rings is 1. The molecule has 4 nitrogen and oxygen atoms in total. The summed E-state index contributed by atoms with van der Waals surface area (Å²) in [5, 5.41) is 0. The zero-order valence-corrected chi connectivity index (χ0v) is 15.1. The first-order valence-corrected chi connectivity index (χ1v) is 9.55. The second kappa shape index (κ2) is 7.20. The average Bonchev–Trinajstić information content (AvgIpc) is 3.25. The lowest BCUT2D eigenvalue weighted by atomic mass is 9.93. The highest BCUT2D eigenvalue weighted by Gasteiger charge is 2.36. The first kappa shape index (κ1) is 16.6. The number of hydrogen-bond acceptors (Lipinski definition) is 3. The van der Waals surface area contributed by atoms with E-state index in [1.54, 1.807) is 0 Å². The van der Waals surface area contributed by atoms with Gasteiger partial charge in [0.2, 0.25) is 0 Å². The van der Waals surface area contributed by atoms with Gasteiger partial charge in [0.15, 0.2) is 6.61 Å². The molecule has 134 valence electrons. The molecule has 25 heavy (non-hydrogen) atoms. The van der Waals surface area contributed by atoms with Gasteiger partial charge in [-0.25, -0.2) is 0 Å². The minimum atomic E-state index is 0.100. The predicted molar refractivity (Wildman–Crippen MR) is 98.5 cm³/mol. The van der Waals surface area contributed by atoms with Crippen LogP contribution in [-0.2, 0) is 4.79 Å². The van der Waals surface area contributed by atoms with Gasteiger partial charge in [0.1, 0.15) is 5.75 Å². The number of amides is 1. The molecule has 0 spiro atoms. The molecule has 1 aromatic rings. The Morgan fingerprint density at radius 1 is 1.08 bits per heavy atom. The molecule has 0 N–H and O–H groups in total. The zero-order valence-electron chi connectivity index (χ0n) is 15.1. The molecular formula is C21H28N2O2. The summed E-state index contributed by atoms with van der Waals surface area (Å²) < 4.78 is 5.63. The van der Waals surface area contributed by atoms with Gasteiger partial charge in [0, 0.05) is 32.7 Å². The van der Waals surface area contributed by atoms with Gasteiger partial charge in [-0.15, -0.1) is 0 Å². The molecule has 1 aromatic carbocycles. The van der Waals surface area contributed by atoms with Crippen molar-refractivity contribution in [3.8, 4) is 5.75 Å². The van der Waals surface area contributed by atoms with Crippen LogP contribution >= 0.6 is 0 Å². The molecule has 1 saturated carbocycles. The Labute approximate surface area is 150 Å². The van der Waals surface area contributed by atoms with E-state index in [9.17, 15) is 4.79 Å². The molecule has 2 aliphatic carbocycles. The minimum absolute atomic E-state index is 0.100. The molecular weight excluding hydrogens is 312 g/mol. The van der Waals surface area contributed by atoms with Crippen LogP contribution in [0.5, 0.6) is 5.75 Å². The van der Waals surface area contributed by atoms with Crippen molar-refractivity contribution in [3.05, 3.63) is 42.0 Å². The SMILES string of the molecule is Cc1ccc(OCC(=O)N2CCN(C[C@@H]3C[C@H]4C=C[C@H]3C4)CC2)cc1. The van der Waals surface area contributed by atoms with Gasteiger partial charge in [0.25, 0.3) is 5.91 Å². The topological polar surface area (TPSA) is 32.8 Å². The number of carbonyl (C=O) groups is 1. The van der Waals surface area contributed by atoms with Crippen LogP contribution in [-0.4, -0.2) is 55.0 Å². The molecule has 3 aliphatic rings. The molecule has 0 radical (unpaired) electrons. The lowest BCUT2D eigenvalue weighted by Crippen LogP contribution is -2.51. The number of rotatable bonds is 5. The maximum atomic E-state index is 12.4. The van der Waals surface area contributed by atoms with E-state index in [4.69, 9.17) is 4.74 Å². The highest BCUT2D eigenvalue weighted by Crippen LogP contribution is 2.43. The molecule has 1 amide bonds. The highest BCUT2D eigenvalue weighted by atomic mass is 16.5. The minimum Gasteiger partial charge on any atom is -0.484 e. The van der Waals surface area contributed by atoms with E-state index < -0.39 is 0 Å². The first-order chi connectivity index (χ1) is 12.2. The predicted octanol–water partition coefficient (Wildman–Crippen LogP) is 2.73. The van der Waals surface area contributed by atoms with E-state index in [0.717, 1.165) is 49.7 Å². The number of ether oxygens (including phenoxy) is 1. The molecule has 1 heterocycles. The highest BCUT2D eigenvalue weighted by molar-refractivity contribution is 5.77. The Morgan fingerprint density at radius 3 is 2.48 bits per heavy atom. The van der Waals surface area contributed by atoms with Crippen molar-refractivity contribution >= 4 is 5.91 Å². The summed E-state index contributed by atoms with van der Waals surface area (Å²) >= 11 is 0. The Hall–Kier alpha value is -1.81. The molecule has 4 rings (SSSR count). The maximum Gasteiger partial charge on any atom is 0.260 e. The van der Waals surface area contributed by atoms with Gasteiger partial charge < -0.3 is 9.64 Å². The summed E-state index contributed by atoms with van der Waals surface area (Å²) in [5.74, 6) is 3.36. The maximum absolute atomic E-state index is 12.4. The fourth-order valence-corrected chi connectivity index (χ4v) is 4.49. The summed E-state index contributed by atoms with van der Waals surface area (Å²) in [6, 6.07) is 7.85. The number of nitrogens with zero attached hydrogens (tertiary/aromatic N) is 2. The largest absolute Gasteiger partial charge is 0.484 e. The number of allylic oxidation sites excluding steroid dienone is 2. The van der Waals surface area contributed by atoms with Crippen molar-refractivity contribution in [1.82, 2.24) is 9.80 Å². The second-order valence-corrected chi connectivity index (χ2v) is 7.82. The quantitative estimate of drug-likeness (QED) is 0.773. The van der Waals surface area contributed by atoms with E-state index >= 15 is 0 Å². The molecule has 1 aliphatic heterocycles. The van der Waals surface area contributed by atoms with E-state index in [1.807, 2.05) is 36.1 Å². The van der Waals surface area contributed by atoms with Crippen molar-refractivity contribution in [2.24, 2.45) is 17.8 Å². The fourth-order valence-electron chi connectivity index (χ4n) is 4.49. The third-order valence-corrected chi connectivity index (χ3v) is 6.02. The number of hydrogen-bond donors (Lipinski definition) is 0. The van der Waals surface area contributed by atoms with Crippen LogP contribution in [0.15, 0.2) is 36.4 Å². The van der Waals surface area contributed by atoms with Crippen LogP contribution in [0, 0.1) is 24.7 Å². The first-order valence-electron chi connectivity index (χ1n) is 9.55. The summed E-state index contributed by atoms with van der Waals surface area (Å²) in [4.78, 5) is 16.9. The molecule has 4 heteroatoms. The normalized spacial score (nSPS) is 28.5. The van der Waals surface area contributed by atoms with Crippen LogP contribution in [0.1, 0.15) is 18.4 Å². The number of aryl methyl sites for hydroxylation is 1. The Bertz CT molecular complexity index is 632. The van der Waals surface area contributed by atoms with Crippen molar-refractivity contribution in [2.75, 3.05) is 39.3 Å². The number of piperazine rings is 1. The molecule has 0 aromatic heterocycles. The number of carbonyl (C=O) groups excluding carboxylic acids is 1. The van der Waals surface area contributed by atoms with Crippen molar-refractivity contribution in [1.29, 1.82) is 0 Å². The van der Waals surface area contributed by atoms with Crippen LogP contribution in [0.4, 0.5) is 0 Å². The lowest BCUT2D eigenvalue weighted by Gasteiger charge is -2.36. The molecule has 2 bridgehead atoms. The van der Waals surface area contributed by atoms with Gasteiger partial charge in [-0.3, -0.25) is 9.69 Å². The Kier molecular flexibility index (Phi) is 4.80. The molecule has 3 atom stereocenters. The third kappa shape index (κ3) is 3.90. The van der Waals surface area contributed by atoms with E-state index in [0.29, 0.717) is 0 Å². The molecule has 0 unspecified atom stereocenters. The second-order valence-electron chi connectivity index (χ2n) is 7.82. The standard InChI is InChI=1S/C21H28N2O2/c1-16-2-6-20(7-3-16)25-15-21(24)23-10-8-22(9-11-23)14-19-13-17-4-5-18(19)12-17/h2-7,17-19H,8-15H2,1H3/t17-,18-,19-/m0/s1. The Balaban J connectivity index is 1.19. The average molecular weight is 340 g/mol. The lowest BCUT2D eigenvalue weighted by molar-refractivity contribution is -0.135. The summed E-state index contributed by atoms with van der Waals surface area (Å²) in [7, 11) is 0. The van der Waals surface area contributed by atoms with E-state index in [2.05, 4.69) is 17.1 Å². The molecule has 1 saturated heterocycles. The van der Waals surface area contributed by atoms with E-state index in [1.165, 1.54) is 24.9 Å². The Morgan fingerprint density at radius 2 is 1.84 bits per heavy atom. The zero-order chi connectivity index (χ0) is 17.2. The van der Waals surface area contributed by atoms with Crippen molar-refractivity contribution in [2.45, 2.75) is 19.8 Å². The summed E-state index contributed by atoms with van der Waals surface area (Å²) in [6.07, 6.45) is 7.58. The van der Waals surface area contributed by atoms with Crippen molar-refractivity contribution < 1.29 is 9.53 Å². The third-order valence-electron chi connectivity index (χ3n) is 6.02. The van der Waals surface area contributed by atoms with Gasteiger partial charge in [-0.1, -0.05) is 29.8 Å². The monoisotopic (exact) mass is 340 g/mol. The fraction of sp³-hybridized carbons (Fsp3) is 0.571. The molecule has 2 fully saturated rings.